The van der Waals surface area contributed by atoms with Gasteiger partial charge in [0, 0.05) is 44.2 Å². The van der Waals surface area contributed by atoms with Crippen LogP contribution in [0.5, 0.6) is 0 Å². The van der Waals surface area contributed by atoms with Crippen LogP contribution in [0.4, 0.5) is 10.5 Å². The second kappa shape index (κ2) is 14.1. The molecule has 2 amide bonds. The molecular formula is C35H44N4O3. The third-order valence-corrected chi connectivity index (χ3v) is 9.01. The fourth-order valence-corrected chi connectivity index (χ4v) is 6.66. The molecule has 5 rings (SSSR count). The third kappa shape index (κ3) is 7.27. The molecule has 7 heteroatoms. The first kappa shape index (κ1) is 30.0. The number of β-amino-alcohol motifs (C(OH)–C–C–N with tert-alkyl or cyclic N) is 1. The SMILES string of the molecule is CCC(=O)C1(c2ccccc2)CCN(CC(O)CN2CCC(NC(=O)Nc3ccccc3-c3ccccc3)CC2)CC1. The highest BCUT2D eigenvalue weighted by Gasteiger charge is 2.41. The third-order valence-electron chi connectivity index (χ3n) is 9.01. The molecule has 0 aromatic heterocycles. The molecule has 0 aliphatic carbocycles. The number of carbonyl (C=O) groups is 2. The summed E-state index contributed by atoms with van der Waals surface area (Å²) in [7, 11) is 0. The van der Waals surface area contributed by atoms with Crippen LogP contribution in [0.25, 0.3) is 11.1 Å². The lowest BCUT2D eigenvalue weighted by molar-refractivity contribution is -0.126. The van der Waals surface area contributed by atoms with E-state index in [-0.39, 0.29) is 12.1 Å². The average molecular weight is 569 g/mol. The lowest BCUT2D eigenvalue weighted by Gasteiger charge is -2.42. The van der Waals surface area contributed by atoms with E-state index in [0.29, 0.717) is 25.3 Å². The zero-order valence-corrected chi connectivity index (χ0v) is 24.7. The van der Waals surface area contributed by atoms with Crippen molar-refractivity contribution in [2.75, 3.05) is 44.6 Å². The van der Waals surface area contributed by atoms with Crippen LogP contribution in [0.3, 0.4) is 0 Å². The van der Waals surface area contributed by atoms with E-state index in [0.717, 1.165) is 74.2 Å². The molecule has 3 aromatic carbocycles. The van der Waals surface area contributed by atoms with Gasteiger partial charge in [-0.3, -0.25) is 4.79 Å². The topological polar surface area (TPSA) is 84.9 Å². The number of carbonyl (C=O) groups excluding carboxylic acids is 2. The van der Waals surface area contributed by atoms with Crippen molar-refractivity contribution >= 4 is 17.5 Å². The molecule has 2 aliphatic heterocycles. The van der Waals surface area contributed by atoms with Crippen molar-refractivity contribution < 1.29 is 14.7 Å². The Balaban J connectivity index is 1.05. The number of Topliss-reactive ketones (excluding diaryl/α,β-unsaturated/α-hetero) is 1. The van der Waals surface area contributed by atoms with E-state index in [1.165, 1.54) is 0 Å². The number of piperidine rings is 2. The van der Waals surface area contributed by atoms with Crippen LogP contribution < -0.4 is 10.6 Å². The molecule has 7 nitrogen and oxygen atoms in total. The lowest BCUT2D eigenvalue weighted by atomic mass is 9.69. The zero-order valence-electron chi connectivity index (χ0n) is 24.7. The highest BCUT2D eigenvalue weighted by Crippen LogP contribution is 2.37. The normalized spacial score (nSPS) is 18.7. The van der Waals surface area contributed by atoms with Gasteiger partial charge >= 0.3 is 6.03 Å². The number of benzene rings is 3. The van der Waals surface area contributed by atoms with Crippen molar-refractivity contribution in [3.05, 3.63) is 90.5 Å². The summed E-state index contributed by atoms with van der Waals surface area (Å²) in [4.78, 5) is 30.5. The van der Waals surface area contributed by atoms with Gasteiger partial charge in [0.25, 0.3) is 0 Å². The molecule has 3 aromatic rings. The Kier molecular flexibility index (Phi) is 10.1. The van der Waals surface area contributed by atoms with E-state index in [1.54, 1.807) is 0 Å². The predicted octanol–water partition coefficient (Wildman–Crippen LogP) is 5.31. The maximum atomic E-state index is 13.0. The van der Waals surface area contributed by atoms with Crippen molar-refractivity contribution in [1.29, 1.82) is 0 Å². The number of ketones is 1. The van der Waals surface area contributed by atoms with E-state index >= 15 is 0 Å². The Labute approximate surface area is 249 Å². The Hall–Kier alpha value is -3.52. The monoisotopic (exact) mass is 568 g/mol. The molecule has 3 N–H and O–H groups in total. The summed E-state index contributed by atoms with van der Waals surface area (Å²) in [5.41, 5.74) is 3.58. The van der Waals surface area contributed by atoms with Crippen LogP contribution in [-0.2, 0) is 10.2 Å². The maximum absolute atomic E-state index is 13.0. The van der Waals surface area contributed by atoms with Gasteiger partial charge in [0.05, 0.1) is 17.2 Å². The molecular weight excluding hydrogens is 524 g/mol. The van der Waals surface area contributed by atoms with Gasteiger partial charge in [0.2, 0.25) is 0 Å². The first-order valence-corrected chi connectivity index (χ1v) is 15.4. The van der Waals surface area contributed by atoms with Crippen LogP contribution in [-0.4, -0.2) is 78.1 Å². The van der Waals surface area contributed by atoms with Crippen LogP contribution >= 0.6 is 0 Å². The summed E-state index contributed by atoms with van der Waals surface area (Å²) in [5, 5.41) is 17.1. The predicted molar refractivity (Wildman–Crippen MR) is 169 cm³/mol. The Bertz CT molecular complexity index is 1300. The van der Waals surface area contributed by atoms with Gasteiger partial charge in [-0.15, -0.1) is 0 Å². The lowest BCUT2D eigenvalue weighted by Crippen LogP contribution is -2.51. The number of hydrogen-bond donors (Lipinski definition) is 3. The first-order valence-electron chi connectivity index (χ1n) is 15.4. The smallest absolute Gasteiger partial charge is 0.319 e. The summed E-state index contributed by atoms with van der Waals surface area (Å²) in [5.74, 6) is 0.319. The molecule has 1 unspecified atom stereocenters. The number of hydrogen-bond acceptors (Lipinski definition) is 5. The van der Waals surface area contributed by atoms with Gasteiger partial charge in [-0.2, -0.15) is 0 Å². The van der Waals surface area contributed by atoms with Crippen molar-refractivity contribution in [2.45, 2.75) is 56.6 Å². The van der Waals surface area contributed by atoms with E-state index < -0.39 is 11.5 Å². The van der Waals surface area contributed by atoms with Gasteiger partial charge in [0.1, 0.15) is 5.78 Å². The molecule has 0 spiro atoms. The van der Waals surface area contributed by atoms with Crippen molar-refractivity contribution in [2.24, 2.45) is 0 Å². The molecule has 2 saturated heterocycles. The molecule has 42 heavy (non-hydrogen) atoms. The Morgan fingerprint density at radius 2 is 1.40 bits per heavy atom. The van der Waals surface area contributed by atoms with E-state index in [2.05, 4.69) is 32.6 Å². The largest absolute Gasteiger partial charge is 0.390 e. The molecule has 2 heterocycles. The number of urea groups is 1. The summed E-state index contributed by atoms with van der Waals surface area (Å²) in [6.45, 7) is 6.50. The Morgan fingerprint density at radius 1 is 0.833 bits per heavy atom. The number of nitrogens with zero attached hydrogens (tertiary/aromatic N) is 2. The minimum Gasteiger partial charge on any atom is -0.390 e. The molecule has 2 aliphatic rings. The van der Waals surface area contributed by atoms with Gasteiger partial charge in [-0.05, 0) is 56.0 Å². The number of aliphatic hydroxyl groups excluding tert-OH is 1. The number of anilines is 1. The molecule has 222 valence electrons. The van der Waals surface area contributed by atoms with E-state index in [1.807, 2.05) is 79.7 Å². The molecule has 2 fully saturated rings. The average Bonchev–Trinajstić information content (AvgIpc) is 3.03. The van der Waals surface area contributed by atoms with Crippen LogP contribution in [0.2, 0.25) is 0 Å². The number of amides is 2. The summed E-state index contributed by atoms with van der Waals surface area (Å²) in [6.07, 6.45) is 3.39. The fraction of sp³-hybridized carbons (Fsp3) is 0.429. The van der Waals surface area contributed by atoms with Gasteiger partial charge < -0.3 is 25.5 Å². The van der Waals surface area contributed by atoms with Crippen LogP contribution in [0, 0.1) is 0 Å². The molecule has 0 radical (unpaired) electrons. The number of rotatable bonds is 10. The Morgan fingerprint density at radius 3 is 2.05 bits per heavy atom. The fourth-order valence-electron chi connectivity index (χ4n) is 6.66. The van der Waals surface area contributed by atoms with Crippen molar-refractivity contribution in [1.82, 2.24) is 15.1 Å². The molecule has 0 saturated carbocycles. The maximum Gasteiger partial charge on any atom is 0.319 e. The van der Waals surface area contributed by atoms with E-state index in [4.69, 9.17) is 0 Å². The minimum absolute atomic E-state index is 0.103. The quantitative estimate of drug-likeness (QED) is 0.309. The van der Waals surface area contributed by atoms with Crippen molar-refractivity contribution in [3.8, 4) is 11.1 Å². The molecule has 0 bridgehead atoms. The first-order chi connectivity index (χ1) is 20.5. The number of likely N-dealkylation sites (tertiary alicyclic amines) is 2. The standard InChI is InChI=1S/C35H44N4O3/c1-2-33(41)35(28-13-7-4-8-14-28)19-23-39(24-20-35)26-30(40)25-38-21-17-29(18-22-38)36-34(42)37-32-16-10-9-15-31(32)27-11-5-3-6-12-27/h3-16,29-30,40H,2,17-26H2,1H3,(H2,36,37,42). The number of para-hydroxylation sites is 1. The second-order valence-corrected chi connectivity index (χ2v) is 11.8. The summed E-state index contributed by atoms with van der Waals surface area (Å²) >= 11 is 0. The summed E-state index contributed by atoms with van der Waals surface area (Å²) in [6, 6.07) is 28.0. The summed E-state index contributed by atoms with van der Waals surface area (Å²) < 4.78 is 0. The van der Waals surface area contributed by atoms with Crippen molar-refractivity contribution in [3.63, 3.8) is 0 Å². The number of aliphatic hydroxyl groups is 1. The van der Waals surface area contributed by atoms with Gasteiger partial charge in [-0.25, -0.2) is 4.79 Å². The molecule has 1 atom stereocenters. The van der Waals surface area contributed by atoms with Crippen LogP contribution in [0.15, 0.2) is 84.9 Å². The second-order valence-electron chi connectivity index (χ2n) is 11.8. The van der Waals surface area contributed by atoms with Gasteiger partial charge in [-0.1, -0.05) is 85.8 Å². The van der Waals surface area contributed by atoms with E-state index in [9.17, 15) is 14.7 Å². The zero-order chi connectivity index (χ0) is 29.4. The minimum atomic E-state index is -0.446. The number of nitrogens with one attached hydrogen (secondary N) is 2. The van der Waals surface area contributed by atoms with Gasteiger partial charge in [0.15, 0.2) is 0 Å². The highest BCUT2D eigenvalue weighted by atomic mass is 16.3. The highest BCUT2D eigenvalue weighted by molar-refractivity contribution is 5.94. The van der Waals surface area contributed by atoms with Crippen LogP contribution in [0.1, 0.15) is 44.6 Å².